The van der Waals surface area contributed by atoms with Crippen molar-refractivity contribution in [3.8, 4) is 10.8 Å². The summed E-state index contributed by atoms with van der Waals surface area (Å²) in [6.45, 7) is 1.95. The van der Waals surface area contributed by atoms with Gasteiger partial charge in [0.25, 0.3) is 0 Å². The van der Waals surface area contributed by atoms with E-state index in [-0.39, 0.29) is 12.3 Å². The van der Waals surface area contributed by atoms with Gasteiger partial charge in [-0.05, 0) is 37.4 Å². The lowest BCUT2D eigenvalue weighted by Crippen LogP contribution is -2.27. The molecule has 0 atom stereocenters. The maximum Gasteiger partial charge on any atom is 0.236 e. The first kappa shape index (κ1) is 16.9. The van der Waals surface area contributed by atoms with Gasteiger partial charge >= 0.3 is 0 Å². The molecule has 136 valence electrons. The summed E-state index contributed by atoms with van der Waals surface area (Å²) in [4.78, 5) is 22.2. The molecule has 1 amide bonds. The van der Waals surface area contributed by atoms with E-state index in [1.165, 1.54) is 6.26 Å². The van der Waals surface area contributed by atoms with Gasteiger partial charge in [0.1, 0.15) is 6.26 Å². The van der Waals surface area contributed by atoms with Gasteiger partial charge in [-0.15, -0.1) is 11.3 Å². The third-order valence-corrected chi connectivity index (χ3v) is 5.22. The van der Waals surface area contributed by atoms with Crippen LogP contribution in [0.3, 0.4) is 0 Å². The summed E-state index contributed by atoms with van der Waals surface area (Å²) >= 11 is 1.55. The standard InChI is InChI=1S/C17H20N6O2S/c1-23-17(21-15(22-23)11-4-6-18-7-5-11)20-14(24)9-12-10-25-16(19-12)13-3-2-8-26-13/h2-3,8,10-11,18H,4-7,9H2,1H3,(H,20,21,22,24). The van der Waals surface area contributed by atoms with Gasteiger partial charge in [0.15, 0.2) is 5.82 Å². The molecule has 1 saturated heterocycles. The van der Waals surface area contributed by atoms with Crippen LogP contribution < -0.4 is 10.6 Å². The largest absolute Gasteiger partial charge is 0.444 e. The van der Waals surface area contributed by atoms with E-state index < -0.39 is 0 Å². The predicted octanol–water partition coefficient (Wildman–Crippen LogP) is 2.18. The van der Waals surface area contributed by atoms with Gasteiger partial charge in [-0.25, -0.2) is 9.67 Å². The van der Waals surface area contributed by atoms with Crippen molar-refractivity contribution < 1.29 is 9.21 Å². The van der Waals surface area contributed by atoms with Gasteiger partial charge in [-0.2, -0.15) is 10.1 Å². The number of hydrogen-bond acceptors (Lipinski definition) is 7. The highest BCUT2D eigenvalue weighted by molar-refractivity contribution is 7.13. The van der Waals surface area contributed by atoms with Crippen LogP contribution in [0.1, 0.15) is 30.3 Å². The lowest BCUT2D eigenvalue weighted by Gasteiger charge is -2.19. The number of amides is 1. The molecule has 0 unspecified atom stereocenters. The Labute approximate surface area is 154 Å². The summed E-state index contributed by atoms with van der Waals surface area (Å²) in [7, 11) is 1.79. The van der Waals surface area contributed by atoms with Gasteiger partial charge < -0.3 is 9.73 Å². The highest BCUT2D eigenvalue weighted by Crippen LogP contribution is 2.24. The van der Waals surface area contributed by atoms with Crippen molar-refractivity contribution in [2.45, 2.75) is 25.2 Å². The van der Waals surface area contributed by atoms with E-state index in [1.54, 1.807) is 23.1 Å². The van der Waals surface area contributed by atoms with E-state index in [1.807, 2.05) is 17.5 Å². The Bertz CT molecular complexity index is 879. The van der Waals surface area contributed by atoms with Gasteiger partial charge in [-0.1, -0.05) is 6.07 Å². The van der Waals surface area contributed by atoms with Gasteiger partial charge in [-0.3, -0.25) is 10.1 Å². The number of rotatable bonds is 5. The number of aromatic nitrogens is 4. The SMILES string of the molecule is Cn1nc(C2CCNCC2)nc1NC(=O)Cc1coc(-c2cccs2)n1. The molecule has 0 saturated carbocycles. The third kappa shape index (κ3) is 3.68. The number of nitrogens with one attached hydrogen (secondary N) is 2. The quantitative estimate of drug-likeness (QED) is 0.712. The molecule has 3 aromatic heterocycles. The fraction of sp³-hybridized carbons (Fsp3) is 0.412. The summed E-state index contributed by atoms with van der Waals surface area (Å²) < 4.78 is 7.07. The van der Waals surface area contributed by atoms with Crippen molar-refractivity contribution in [3.05, 3.63) is 35.3 Å². The Morgan fingerprint density at radius 1 is 1.42 bits per heavy atom. The molecule has 1 aliphatic heterocycles. The lowest BCUT2D eigenvalue weighted by atomic mass is 9.98. The summed E-state index contributed by atoms with van der Waals surface area (Å²) in [6, 6.07) is 3.87. The molecule has 4 rings (SSSR count). The van der Waals surface area contributed by atoms with Crippen LogP contribution in [0.4, 0.5) is 5.95 Å². The molecular weight excluding hydrogens is 352 g/mol. The number of aryl methyl sites for hydroxylation is 1. The molecular formula is C17H20N6O2S. The molecule has 0 aliphatic carbocycles. The maximum absolute atomic E-state index is 12.3. The minimum Gasteiger partial charge on any atom is -0.444 e. The zero-order chi connectivity index (χ0) is 17.9. The molecule has 3 aromatic rings. The highest BCUT2D eigenvalue weighted by Gasteiger charge is 2.21. The number of carbonyl (C=O) groups excluding carboxylic acids is 1. The van der Waals surface area contributed by atoms with Crippen LogP contribution in [0.25, 0.3) is 10.8 Å². The minimum absolute atomic E-state index is 0.129. The second kappa shape index (κ2) is 7.38. The van der Waals surface area contributed by atoms with Crippen LogP contribution in [-0.4, -0.2) is 38.7 Å². The van der Waals surface area contributed by atoms with Crippen molar-refractivity contribution in [2.75, 3.05) is 18.4 Å². The molecule has 8 nitrogen and oxygen atoms in total. The van der Waals surface area contributed by atoms with E-state index >= 15 is 0 Å². The Kier molecular flexibility index (Phi) is 4.81. The fourth-order valence-corrected chi connectivity index (χ4v) is 3.66. The zero-order valence-electron chi connectivity index (χ0n) is 14.4. The van der Waals surface area contributed by atoms with Crippen LogP contribution in [0.2, 0.25) is 0 Å². The van der Waals surface area contributed by atoms with Crippen LogP contribution in [-0.2, 0) is 18.3 Å². The fourth-order valence-electron chi connectivity index (χ4n) is 3.00. The predicted molar refractivity (Wildman–Crippen MR) is 98.0 cm³/mol. The third-order valence-electron chi connectivity index (χ3n) is 4.36. The van der Waals surface area contributed by atoms with Gasteiger partial charge in [0, 0.05) is 13.0 Å². The minimum atomic E-state index is -0.191. The monoisotopic (exact) mass is 372 g/mol. The summed E-state index contributed by atoms with van der Waals surface area (Å²) in [6.07, 6.45) is 3.68. The molecule has 9 heteroatoms. The number of piperidine rings is 1. The molecule has 0 spiro atoms. The number of nitrogens with zero attached hydrogens (tertiary/aromatic N) is 4. The number of thiophene rings is 1. The first-order chi connectivity index (χ1) is 12.7. The van der Waals surface area contributed by atoms with Crippen LogP contribution in [0.15, 0.2) is 28.2 Å². The Morgan fingerprint density at radius 3 is 3.04 bits per heavy atom. The zero-order valence-corrected chi connectivity index (χ0v) is 15.3. The normalized spacial score (nSPS) is 15.3. The number of hydrogen-bond donors (Lipinski definition) is 2. The van der Waals surface area contributed by atoms with E-state index in [2.05, 4.69) is 25.7 Å². The molecule has 0 bridgehead atoms. The van der Waals surface area contributed by atoms with Crippen molar-refractivity contribution in [1.29, 1.82) is 0 Å². The average Bonchev–Trinajstić information content (AvgIpc) is 3.38. The lowest BCUT2D eigenvalue weighted by molar-refractivity contribution is -0.115. The molecule has 0 aromatic carbocycles. The first-order valence-electron chi connectivity index (χ1n) is 8.59. The molecule has 26 heavy (non-hydrogen) atoms. The molecule has 4 heterocycles. The van der Waals surface area contributed by atoms with Crippen molar-refractivity contribution in [3.63, 3.8) is 0 Å². The molecule has 0 radical (unpaired) electrons. The van der Waals surface area contributed by atoms with E-state index in [4.69, 9.17) is 4.42 Å². The van der Waals surface area contributed by atoms with Gasteiger partial charge in [0.2, 0.25) is 17.7 Å². The van der Waals surface area contributed by atoms with E-state index in [0.717, 1.165) is 36.6 Å². The average molecular weight is 372 g/mol. The van der Waals surface area contributed by atoms with Crippen LogP contribution in [0, 0.1) is 0 Å². The summed E-state index contributed by atoms with van der Waals surface area (Å²) in [5, 5.41) is 12.6. The number of anilines is 1. The summed E-state index contributed by atoms with van der Waals surface area (Å²) in [5.41, 5.74) is 0.589. The molecule has 2 N–H and O–H groups in total. The number of oxazole rings is 1. The Hall–Kier alpha value is -2.52. The van der Waals surface area contributed by atoms with Crippen molar-refractivity contribution in [2.24, 2.45) is 7.05 Å². The van der Waals surface area contributed by atoms with Crippen LogP contribution in [0.5, 0.6) is 0 Å². The first-order valence-corrected chi connectivity index (χ1v) is 9.47. The Balaban J connectivity index is 1.39. The topological polar surface area (TPSA) is 97.9 Å². The second-order valence-corrected chi connectivity index (χ2v) is 7.24. The summed E-state index contributed by atoms with van der Waals surface area (Å²) in [5.74, 6) is 1.95. The van der Waals surface area contributed by atoms with E-state index in [0.29, 0.717) is 23.5 Å². The molecule has 1 fully saturated rings. The van der Waals surface area contributed by atoms with Crippen LogP contribution >= 0.6 is 11.3 Å². The number of carbonyl (C=O) groups is 1. The molecule has 1 aliphatic rings. The van der Waals surface area contributed by atoms with Crippen molar-refractivity contribution in [1.82, 2.24) is 25.1 Å². The Morgan fingerprint density at radius 2 is 2.27 bits per heavy atom. The maximum atomic E-state index is 12.3. The van der Waals surface area contributed by atoms with Gasteiger partial charge in [0.05, 0.1) is 17.0 Å². The van der Waals surface area contributed by atoms with Crippen molar-refractivity contribution >= 4 is 23.2 Å². The second-order valence-electron chi connectivity index (χ2n) is 6.29. The van der Waals surface area contributed by atoms with E-state index in [9.17, 15) is 4.79 Å². The smallest absolute Gasteiger partial charge is 0.236 e. The highest BCUT2D eigenvalue weighted by atomic mass is 32.1.